The van der Waals surface area contributed by atoms with Gasteiger partial charge in [0.1, 0.15) is 6.61 Å². The summed E-state index contributed by atoms with van der Waals surface area (Å²) in [5.74, 6) is -3.95. The van der Waals surface area contributed by atoms with E-state index in [1.807, 2.05) is 0 Å². The number of aromatic amines is 1. The van der Waals surface area contributed by atoms with Crippen LogP contribution in [0.2, 0.25) is 0 Å². The lowest BCUT2D eigenvalue weighted by atomic mass is 10.1. The number of alkyl halides is 2. The first-order valence-corrected chi connectivity index (χ1v) is 7.15. The molecular weight excluding hydrogens is 402 g/mol. The molecule has 1 aromatic heterocycles. The van der Waals surface area contributed by atoms with E-state index in [0.29, 0.717) is 10.9 Å². The Morgan fingerprint density at radius 3 is 2.65 bits per heavy atom. The summed E-state index contributed by atoms with van der Waals surface area (Å²) in [5, 5.41) is 11.2. The summed E-state index contributed by atoms with van der Waals surface area (Å²) in [4.78, 5) is 14.8. The fraction of sp³-hybridized carbons (Fsp3) is 0.250. The maximum atomic E-state index is 12.9. The Balaban J connectivity index is 2.25. The summed E-state index contributed by atoms with van der Waals surface area (Å²) < 4.78 is 27.4. The fourth-order valence-electron chi connectivity index (χ4n) is 1.67. The number of carbonyl (C=O) groups excluding carboxylic acids is 1. The highest BCUT2D eigenvalue weighted by atomic mass is 79.9. The predicted octanol–water partition coefficient (Wildman–Crippen LogP) is 3.05. The first kappa shape index (κ1) is 15.4. The third kappa shape index (κ3) is 3.18. The Morgan fingerprint density at radius 1 is 1.35 bits per heavy atom. The van der Waals surface area contributed by atoms with Gasteiger partial charge in [-0.1, -0.05) is 0 Å². The number of fused-ring (bicyclic) bond motifs is 1. The SMILES string of the molecule is O=C(NCC(F)(F)CO)c1c[nH]c2cc(Br)c(Br)cc12. The Bertz CT molecular complexity index is 658. The number of amides is 1. The van der Waals surface area contributed by atoms with Gasteiger partial charge in [0.2, 0.25) is 0 Å². The molecule has 2 rings (SSSR count). The molecule has 0 atom stereocenters. The molecule has 3 N–H and O–H groups in total. The van der Waals surface area contributed by atoms with Crippen LogP contribution >= 0.6 is 31.9 Å². The van der Waals surface area contributed by atoms with Crippen molar-refractivity contribution in [2.45, 2.75) is 5.92 Å². The van der Waals surface area contributed by atoms with E-state index in [-0.39, 0.29) is 5.56 Å². The lowest BCUT2D eigenvalue weighted by Gasteiger charge is -2.13. The quantitative estimate of drug-likeness (QED) is 0.723. The van der Waals surface area contributed by atoms with Crippen molar-refractivity contribution >= 4 is 48.7 Å². The minimum Gasteiger partial charge on any atom is -0.390 e. The van der Waals surface area contributed by atoms with Gasteiger partial charge in [0.05, 0.1) is 12.1 Å². The molecule has 0 unspecified atom stereocenters. The Kier molecular flexibility index (Phi) is 4.46. The second-order valence-corrected chi connectivity index (χ2v) is 5.92. The number of carbonyl (C=O) groups is 1. The smallest absolute Gasteiger partial charge is 0.287 e. The highest BCUT2D eigenvalue weighted by Gasteiger charge is 2.28. The lowest BCUT2D eigenvalue weighted by Crippen LogP contribution is -2.38. The summed E-state index contributed by atoms with van der Waals surface area (Å²) in [7, 11) is 0. The number of aliphatic hydroxyl groups excluding tert-OH is 1. The minimum absolute atomic E-state index is 0.266. The van der Waals surface area contributed by atoms with E-state index in [1.165, 1.54) is 6.20 Å². The van der Waals surface area contributed by atoms with Crippen molar-refractivity contribution in [3.8, 4) is 0 Å². The van der Waals surface area contributed by atoms with Crippen LogP contribution in [-0.2, 0) is 0 Å². The van der Waals surface area contributed by atoms with Gasteiger partial charge in [-0.2, -0.15) is 0 Å². The molecule has 0 spiro atoms. The van der Waals surface area contributed by atoms with Crippen LogP contribution in [0.15, 0.2) is 27.3 Å². The van der Waals surface area contributed by atoms with Crippen LogP contribution in [-0.4, -0.2) is 35.1 Å². The van der Waals surface area contributed by atoms with Crippen molar-refractivity contribution in [1.29, 1.82) is 0 Å². The summed E-state index contributed by atoms with van der Waals surface area (Å²) in [6.07, 6.45) is 1.45. The number of H-pyrrole nitrogens is 1. The molecule has 20 heavy (non-hydrogen) atoms. The summed E-state index contributed by atoms with van der Waals surface area (Å²) >= 11 is 6.66. The van der Waals surface area contributed by atoms with Crippen molar-refractivity contribution in [3.05, 3.63) is 32.8 Å². The molecule has 0 bridgehead atoms. The van der Waals surface area contributed by atoms with Crippen molar-refractivity contribution in [2.75, 3.05) is 13.2 Å². The van der Waals surface area contributed by atoms with Gasteiger partial charge >= 0.3 is 0 Å². The van der Waals surface area contributed by atoms with E-state index in [2.05, 4.69) is 42.2 Å². The zero-order valence-corrected chi connectivity index (χ0v) is 13.2. The van der Waals surface area contributed by atoms with Crippen LogP contribution in [0.25, 0.3) is 10.9 Å². The number of benzene rings is 1. The van der Waals surface area contributed by atoms with Gasteiger partial charge in [0.15, 0.2) is 0 Å². The van der Waals surface area contributed by atoms with E-state index in [4.69, 9.17) is 5.11 Å². The molecule has 1 amide bonds. The summed E-state index contributed by atoms with van der Waals surface area (Å²) in [6, 6.07) is 3.49. The van der Waals surface area contributed by atoms with Gasteiger partial charge in [-0.25, -0.2) is 8.78 Å². The molecule has 0 aliphatic carbocycles. The molecule has 4 nitrogen and oxygen atoms in total. The first-order chi connectivity index (χ1) is 9.34. The number of rotatable bonds is 4. The van der Waals surface area contributed by atoms with Gasteiger partial charge in [-0.3, -0.25) is 4.79 Å². The van der Waals surface area contributed by atoms with Crippen molar-refractivity contribution in [3.63, 3.8) is 0 Å². The molecule has 2 aromatic rings. The molecule has 0 aliphatic rings. The van der Waals surface area contributed by atoms with Crippen LogP contribution < -0.4 is 5.32 Å². The van der Waals surface area contributed by atoms with Crippen molar-refractivity contribution < 1.29 is 18.7 Å². The molecule has 0 radical (unpaired) electrons. The topological polar surface area (TPSA) is 65.1 Å². The molecular formula is C12H10Br2F2N2O2. The van der Waals surface area contributed by atoms with Crippen LogP contribution in [0.5, 0.6) is 0 Å². The zero-order valence-electron chi connectivity index (χ0n) is 10.0. The second kappa shape index (κ2) is 5.79. The Hall–Kier alpha value is -0.990. The summed E-state index contributed by atoms with van der Waals surface area (Å²) in [6.45, 7) is -2.22. The standard InChI is InChI=1S/C12H10Br2F2N2O2/c13-8-1-6-7(3-17-10(6)2-9(8)14)11(20)18-4-12(15,16)5-19/h1-3,17,19H,4-5H2,(H,18,20). The molecule has 0 fully saturated rings. The zero-order chi connectivity index (χ0) is 14.9. The first-order valence-electron chi connectivity index (χ1n) is 5.57. The highest BCUT2D eigenvalue weighted by Crippen LogP contribution is 2.30. The van der Waals surface area contributed by atoms with Gasteiger partial charge in [0.25, 0.3) is 11.8 Å². The van der Waals surface area contributed by atoms with Crippen molar-refractivity contribution in [1.82, 2.24) is 10.3 Å². The average molecular weight is 412 g/mol. The molecule has 0 saturated carbocycles. The normalized spacial score (nSPS) is 11.8. The number of aliphatic hydroxyl groups is 1. The van der Waals surface area contributed by atoms with E-state index < -0.39 is 25.0 Å². The fourth-order valence-corrected chi connectivity index (χ4v) is 2.35. The number of aromatic nitrogens is 1. The maximum Gasteiger partial charge on any atom is 0.287 e. The van der Waals surface area contributed by atoms with Crippen LogP contribution in [0.4, 0.5) is 8.78 Å². The van der Waals surface area contributed by atoms with E-state index in [1.54, 1.807) is 12.1 Å². The number of nitrogens with one attached hydrogen (secondary N) is 2. The van der Waals surface area contributed by atoms with E-state index >= 15 is 0 Å². The van der Waals surface area contributed by atoms with Gasteiger partial charge in [-0.15, -0.1) is 0 Å². The number of hydrogen-bond acceptors (Lipinski definition) is 2. The van der Waals surface area contributed by atoms with E-state index in [0.717, 1.165) is 8.95 Å². The highest BCUT2D eigenvalue weighted by molar-refractivity contribution is 9.13. The average Bonchev–Trinajstić information content (AvgIpc) is 2.79. The second-order valence-electron chi connectivity index (χ2n) is 4.21. The molecule has 1 heterocycles. The third-order valence-electron chi connectivity index (χ3n) is 2.71. The van der Waals surface area contributed by atoms with E-state index in [9.17, 15) is 13.6 Å². The van der Waals surface area contributed by atoms with Crippen LogP contribution in [0.1, 0.15) is 10.4 Å². The number of hydrogen-bond donors (Lipinski definition) is 3. The Labute approximate surface area is 129 Å². The molecule has 0 saturated heterocycles. The van der Waals surface area contributed by atoms with Gasteiger partial charge in [-0.05, 0) is 44.0 Å². The number of halogens is 4. The largest absolute Gasteiger partial charge is 0.390 e. The third-order valence-corrected chi connectivity index (χ3v) is 4.55. The van der Waals surface area contributed by atoms with Crippen molar-refractivity contribution in [2.24, 2.45) is 0 Å². The Morgan fingerprint density at radius 2 is 2.00 bits per heavy atom. The van der Waals surface area contributed by atoms with Crippen LogP contribution in [0, 0.1) is 0 Å². The maximum absolute atomic E-state index is 12.9. The molecule has 108 valence electrons. The predicted molar refractivity (Wildman–Crippen MR) is 78.1 cm³/mol. The van der Waals surface area contributed by atoms with Gasteiger partial charge in [0, 0.05) is 26.0 Å². The molecule has 8 heteroatoms. The van der Waals surface area contributed by atoms with Gasteiger partial charge < -0.3 is 15.4 Å². The summed E-state index contributed by atoms with van der Waals surface area (Å²) in [5.41, 5.74) is 0.973. The molecule has 1 aromatic carbocycles. The lowest BCUT2D eigenvalue weighted by molar-refractivity contribution is -0.0461. The van der Waals surface area contributed by atoms with Crippen LogP contribution in [0.3, 0.4) is 0 Å². The minimum atomic E-state index is -3.33. The molecule has 0 aliphatic heterocycles. The monoisotopic (exact) mass is 410 g/mol.